The number of carbonyl (C=O) groups is 1. The third kappa shape index (κ3) is 4.20. The average molecular weight is 320 g/mol. The smallest absolute Gasteiger partial charge is 0.159 e. The zero-order valence-electron chi connectivity index (χ0n) is 12.7. The van der Waals surface area contributed by atoms with Crippen LogP contribution in [0.2, 0.25) is 0 Å². The van der Waals surface area contributed by atoms with Crippen LogP contribution < -0.4 is 5.32 Å². The van der Waals surface area contributed by atoms with Gasteiger partial charge in [0.2, 0.25) is 0 Å². The maximum Gasteiger partial charge on any atom is 0.159 e. The van der Waals surface area contributed by atoms with Crippen molar-refractivity contribution >= 4 is 28.9 Å². The maximum absolute atomic E-state index is 11.3. The van der Waals surface area contributed by atoms with Crippen molar-refractivity contribution in [3.05, 3.63) is 78.6 Å². The van der Waals surface area contributed by atoms with Gasteiger partial charge < -0.3 is 5.32 Å². The standard InChI is InChI=1S/C19H16N2OS/c1-14(22)15-7-9-18(10-8-15)23-19-6-2-4-16(12-19)21-17-5-3-11-20-13-17/h2-13,21H,1H3. The molecule has 1 aromatic heterocycles. The predicted octanol–water partition coefficient (Wildman–Crippen LogP) is 5.18. The molecule has 1 heterocycles. The van der Waals surface area contributed by atoms with E-state index in [0.29, 0.717) is 0 Å². The molecule has 23 heavy (non-hydrogen) atoms. The van der Waals surface area contributed by atoms with Crippen LogP contribution in [0.25, 0.3) is 0 Å². The third-order valence-corrected chi connectivity index (χ3v) is 4.28. The van der Waals surface area contributed by atoms with Crippen LogP contribution in [0.15, 0.2) is 82.8 Å². The summed E-state index contributed by atoms with van der Waals surface area (Å²) in [5.74, 6) is 0.0872. The molecule has 1 N–H and O–H groups in total. The third-order valence-electron chi connectivity index (χ3n) is 3.28. The van der Waals surface area contributed by atoms with Gasteiger partial charge in [0.15, 0.2) is 5.78 Å². The Hall–Kier alpha value is -2.59. The van der Waals surface area contributed by atoms with Gasteiger partial charge in [-0.3, -0.25) is 9.78 Å². The SMILES string of the molecule is CC(=O)c1ccc(Sc2cccc(Nc3cccnc3)c2)cc1. The zero-order chi connectivity index (χ0) is 16.1. The number of aromatic nitrogens is 1. The monoisotopic (exact) mass is 320 g/mol. The van der Waals surface area contributed by atoms with E-state index in [9.17, 15) is 4.79 Å². The summed E-state index contributed by atoms with van der Waals surface area (Å²) < 4.78 is 0. The molecule has 3 aromatic rings. The second kappa shape index (κ2) is 7.11. The molecular weight excluding hydrogens is 304 g/mol. The highest BCUT2D eigenvalue weighted by molar-refractivity contribution is 7.99. The molecule has 0 amide bonds. The minimum Gasteiger partial charge on any atom is -0.354 e. The summed E-state index contributed by atoms with van der Waals surface area (Å²) in [6.45, 7) is 1.58. The van der Waals surface area contributed by atoms with E-state index in [4.69, 9.17) is 0 Å². The Balaban J connectivity index is 1.73. The molecule has 0 saturated carbocycles. The summed E-state index contributed by atoms with van der Waals surface area (Å²) in [4.78, 5) is 17.7. The molecule has 0 aliphatic heterocycles. The molecule has 0 aliphatic rings. The van der Waals surface area contributed by atoms with Gasteiger partial charge in [-0.05, 0) is 49.4 Å². The Morgan fingerprint density at radius 1 is 0.957 bits per heavy atom. The van der Waals surface area contributed by atoms with E-state index in [1.165, 1.54) is 0 Å². The second-order valence-electron chi connectivity index (χ2n) is 5.08. The van der Waals surface area contributed by atoms with Crippen molar-refractivity contribution in [2.75, 3.05) is 5.32 Å². The highest BCUT2D eigenvalue weighted by Crippen LogP contribution is 2.30. The first-order valence-corrected chi connectivity index (χ1v) is 8.08. The zero-order valence-corrected chi connectivity index (χ0v) is 13.5. The molecule has 3 nitrogen and oxygen atoms in total. The number of hydrogen-bond donors (Lipinski definition) is 1. The van der Waals surface area contributed by atoms with Crippen molar-refractivity contribution in [3.63, 3.8) is 0 Å². The van der Waals surface area contributed by atoms with E-state index < -0.39 is 0 Å². The highest BCUT2D eigenvalue weighted by atomic mass is 32.2. The Kier molecular flexibility index (Phi) is 4.74. The Morgan fingerprint density at radius 2 is 1.74 bits per heavy atom. The molecule has 0 aliphatic carbocycles. The van der Waals surface area contributed by atoms with Crippen LogP contribution in [0.4, 0.5) is 11.4 Å². The van der Waals surface area contributed by atoms with E-state index in [1.807, 2.05) is 48.5 Å². The molecule has 0 atom stereocenters. The summed E-state index contributed by atoms with van der Waals surface area (Å²) in [6.07, 6.45) is 3.54. The van der Waals surface area contributed by atoms with Crippen LogP contribution >= 0.6 is 11.8 Å². The van der Waals surface area contributed by atoms with Crippen molar-refractivity contribution in [3.8, 4) is 0 Å². The summed E-state index contributed by atoms with van der Waals surface area (Å²) in [6, 6.07) is 19.8. The Bertz CT molecular complexity index is 801. The van der Waals surface area contributed by atoms with Crippen LogP contribution in [0, 0.1) is 0 Å². The number of pyridine rings is 1. The lowest BCUT2D eigenvalue weighted by molar-refractivity contribution is 0.101. The lowest BCUT2D eigenvalue weighted by atomic mass is 10.2. The fraction of sp³-hybridized carbons (Fsp3) is 0.0526. The van der Waals surface area contributed by atoms with Crippen LogP contribution in [-0.2, 0) is 0 Å². The first kappa shape index (κ1) is 15.3. The Labute approximate surface area is 139 Å². The summed E-state index contributed by atoms with van der Waals surface area (Å²) in [5, 5.41) is 3.33. The molecule has 0 bridgehead atoms. The molecule has 2 aromatic carbocycles. The number of ketones is 1. The van der Waals surface area contributed by atoms with Gasteiger partial charge >= 0.3 is 0 Å². The van der Waals surface area contributed by atoms with Gasteiger partial charge in [0, 0.05) is 27.2 Å². The average Bonchev–Trinajstić information content (AvgIpc) is 2.57. The van der Waals surface area contributed by atoms with E-state index in [2.05, 4.69) is 22.4 Å². The number of nitrogens with one attached hydrogen (secondary N) is 1. The van der Waals surface area contributed by atoms with Gasteiger partial charge in [-0.2, -0.15) is 0 Å². The van der Waals surface area contributed by atoms with Crippen molar-refractivity contribution in [2.45, 2.75) is 16.7 Å². The van der Waals surface area contributed by atoms with Crippen molar-refractivity contribution in [1.29, 1.82) is 0 Å². The van der Waals surface area contributed by atoms with Crippen molar-refractivity contribution in [2.24, 2.45) is 0 Å². The van der Waals surface area contributed by atoms with Gasteiger partial charge in [0.05, 0.1) is 11.9 Å². The van der Waals surface area contributed by atoms with E-state index in [1.54, 1.807) is 31.1 Å². The lowest BCUT2D eigenvalue weighted by Gasteiger charge is -2.08. The minimum absolute atomic E-state index is 0.0872. The number of benzene rings is 2. The first-order valence-electron chi connectivity index (χ1n) is 7.27. The van der Waals surface area contributed by atoms with E-state index >= 15 is 0 Å². The van der Waals surface area contributed by atoms with E-state index in [0.717, 1.165) is 26.7 Å². The van der Waals surface area contributed by atoms with Gasteiger partial charge in [-0.25, -0.2) is 0 Å². The number of carbonyl (C=O) groups excluding carboxylic acids is 1. The number of hydrogen-bond acceptors (Lipinski definition) is 4. The predicted molar refractivity (Wildman–Crippen MR) is 94.5 cm³/mol. The molecule has 0 spiro atoms. The summed E-state index contributed by atoms with van der Waals surface area (Å²) >= 11 is 1.67. The second-order valence-corrected chi connectivity index (χ2v) is 6.22. The van der Waals surface area contributed by atoms with Gasteiger partial charge in [0.25, 0.3) is 0 Å². The van der Waals surface area contributed by atoms with Gasteiger partial charge in [-0.1, -0.05) is 30.0 Å². The molecule has 3 rings (SSSR count). The largest absolute Gasteiger partial charge is 0.354 e. The molecule has 0 unspecified atom stereocenters. The van der Waals surface area contributed by atoms with Crippen LogP contribution in [0.5, 0.6) is 0 Å². The van der Waals surface area contributed by atoms with E-state index in [-0.39, 0.29) is 5.78 Å². The van der Waals surface area contributed by atoms with Crippen molar-refractivity contribution < 1.29 is 4.79 Å². The minimum atomic E-state index is 0.0872. The number of anilines is 2. The Morgan fingerprint density at radius 3 is 2.43 bits per heavy atom. The molecular formula is C19H16N2OS. The number of rotatable bonds is 5. The van der Waals surface area contributed by atoms with Gasteiger partial charge in [0.1, 0.15) is 0 Å². The lowest BCUT2D eigenvalue weighted by Crippen LogP contribution is -1.91. The fourth-order valence-electron chi connectivity index (χ4n) is 2.13. The number of nitrogens with zero attached hydrogens (tertiary/aromatic N) is 1. The molecule has 0 radical (unpaired) electrons. The molecule has 4 heteroatoms. The summed E-state index contributed by atoms with van der Waals surface area (Å²) in [5.41, 5.74) is 2.71. The number of Topliss-reactive ketones (excluding diaryl/α,β-unsaturated/α-hetero) is 1. The molecule has 0 saturated heterocycles. The fourth-order valence-corrected chi connectivity index (χ4v) is 3.01. The normalized spacial score (nSPS) is 10.3. The van der Waals surface area contributed by atoms with Crippen molar-refractivity contribution in [1.82, 2.24) is 4.98 Å². The van der Waals surface area contributed by atoms with Gasteiger partial charge in [-0.15, -0.1) is 0 Å². The van der Waals surface area contributed by atoms with Crippen LogP contribution in [0.3, 0.4) is 0 Å². The van der Waals surface area contributed by atoms with Crippen LogP contribution in [0.1, 0.15) is 17.3 Å². The van der Waals surface area contributed by atoms with Crippen LogP contribution in [-0.4, -0.2) is 10.8 Å². The molecule has 0 fully saturated rings. The topological polar surface area (TPSA) is 42.0 Å². The maximum atomic E-state index is 11.3. The summed E-state index contributed by atoms with van der Waals surface area (Å²) in [7, 11) is 0. The first-order chi connectivity index (χ1) is 11.2. The quantitative estimate of drug-likeness (QED) is 0.658. The highest BCUT2D eigenvalue weighted by Gasteiger charge is 2.02. The molecule has 114 valence electrons.